The van der Waals surface area contributed by atoms with E-state index in [-0.39, 0.29) is 5.75 Å². The van der Waals surface area contributed by atoms with E-state index in [9.17, 15) is 9.90 Å². The summed E-state index contributed by atoms with van der Waals surface area (Å²) in [6.07, 6.45) is 1.87. The number of aromatic hydroxyl groups is 1. The van der Waals surface area contributed by atoms with Crippen LogP contribution in [0.2, 0.25) is 0 Å². The van der Waals surface area contributed by atoms with Crippen molar-refractivity contribution in [1.29, 1.82) is 0 Å². The lowest BCUT2D eigenvalue weighted by Crippen LogP contribution is -2.08. The molecular formula is C12H10N2O2. The van der Waals surface area contributed by atoms with E-state index in [1.807, 2.05) is 24.3 Å². The summed E-state index contributed by atoms with van der Waals surface area (Å²) < 4.78 is 0. The van der Waals surface area contributed by atoms with E-state index in [0.29, 0.717) is 17.7 Å². The summed E-state index contributed by atoms with van der Waals surface area (Å²) in [6, 6.07) is 7.33. The summed E-state index contributed by atoms with van der Waals surface area (Å²) >= 11 is 0. The van der Waals surface area contributed by atoms with Crippen molar-refractivity contribution in [2.75, 3.05) is 0 Å². The smallest absolute Gasteiger partial charge is 0.211 e. The summed E-state index contributed by atoms with van der Waals surface area (Å²) in [7, 11) is 0. The second kappa shape index (κ2) is 4.02. The highest BCUT2D eigenvalue weighted by Crippen LogP contribution is 2.29. The standard InChI is InChI=1S/C12H10N2O2/c1-8(14-7-15)12-9-4-2-3-5-10(9)13-6-11(12)16/h2-7,16H,1H2,(H,14,15). The average Bonchev–Trinajstić information content (AvgIpc) is 2.29. The number of nitrogens with one attached hydrogen (secondary N) is 1. The van der Waals surface area contributed by atoms with Crippen LogP contribution in [0.1, 0.15) is 5.56 Å². The molecule has 0 saturated carbocycles. The van der Waals surface area contributed by atoms with Crippen molar-refractivity contribution in [3.05, 3.63) is 42.6 Å². The summed E-state index contributed by atoms with van der Waals surface area (Å²) in [6.45, 7) is 3.70. The van der Waals surface area contributed by atoms with Gasteiger partial charge in [0.1, 0.15) is 5.75 Å². The quantitative estimate of drug-likeness (QED) is 0.764. The van der Waals surface area contributed by atoms with E-state index < -0.39 is 0 Å². The van der Waals surface area contributed by atoms with Gasteiger partial charge in [0.05, 0.1) is 17.3 Å². The lowest BCUT2D eigenvalue weighted by molar-refractivity contribution is -0.108. The largest absolute Gasteiger partial charge is 0.506 e. The van der Waals surface area contributed by atoms with Crippen molar-refractivity contribution in [1.82, 2.24) is 10.3 Å². The van der Waals surface area contributed by atoms with Crippen LogP contribution in [0.25, 0.3) is 16.6 Å². The molecule has 0 unspecified atom stereocenters. The van der Waals surface area contributed by atoms with Crippen molar-refractivity contribution >= 4 is 23.0 Å². The average molecular weight is 214 g/mol. The first-order chi connectivity index (χ1) is 7.74. The molecule has 1 aromatic heterocycles. The molecule has 0 saturated heterocycles. The molecule has 0 spiro atoms. The van der Waals surface area contributed by atoms with Crippen molar-refractivity contribution in [3.8, 4) is 5.75 Å². The number of rotatable bonds is 3. The molecule has 0 aliphatic carbocycles. The molecule has 4 heteroatoms. The number of aromatic nitrogens is 1. The Bertz CT molecular complexity index is 564. The fraction of sp³-hybridized carbons (Fsp3) is 0. The maximum absolute atomic E-state index is 10.4. The zero-order chi connectivity index (χ0) is 11.5. The number of amides is 1. The third kappa shape index (κ3) is 1.61. The Kier molecular flexibility index (Phi) is 2.55. The van der Waals surface area contributed by atoms with Gasteiger partial charge in [-0.1, -0.05) is 24.8 Å². The number of carbonyl (C=O) groups excluding carboxylic acids is 1. The number of benzene rings is 1. The van der Waals surface area contributed by atoms with Crippen LogP contribution in [0.5, 0.6) is 5.75 Å². The number of fused-ring (bicyclic) bond motifs is 1. The zero-order valence-electron chi connectivity index (χ0n) is 8.47. The maximum atomic E-state index is 10.4. The maximum Gasteiger partial charge on any atom is 0.211 e. The second-order valence-electron chi connectivity index (χ2n) is 3.28. The molecule has 1 aromatic carbocycles. The lowest BCUT2D eigenvalue weighted by Gasteiger charge is -2.09. The molecule has 2 aromatic rings. The van der Waals surface area contributed by atoms with E-state index >= 15 is 0 Å². The van der Waals surface area contributed by atoms with Gasteiger partial charge in [-0.15, -0.1) is 0 Å². The molecule has 1 amide bonds. The Morgan fingerprint density at radius 3 is 2.94 bits per heavy atom. The highest BCUT2D eigenvalue weighted by molar-refractivity contribution is 5.94. The van der Waals surface area contributed by atoms with Crippen LogP contribution in [-0.4, -0.2) is 16.5 Å². The van der Waals surface area contributed by atoms with Gasteiger partial charge in [0.25, 0.3) is 0 Å². The molecule has 0 aliphatic rings. The molecule has 0 radical (unpaired) electrons. The molecule has 0 bridgehead atoms. The van der Waals surface area contributed by atoms with Crippen LogP contribution in [0.3, 0.4) is 0 Å². The number of para-hydroxylation sites is 1. The van der Waals surface area contributed by atoms with E-state index in [1.54, 1.807) is 0 Å². The van der Waals surface area contributed by atoms with Crippen molar-refractivity contribution < 1.29 is 9.90 Å². The summed E-state index contributed by atoms with van der Waals surface area (Å²) in [5.41, 5.74) is 1.59. The first-order valence-corrected chi connectivity index (χ1v) is 4.70. The minimum absolute atomic E-state index is 0.00181. The monoisotopic (exact) mass is 214 g/mol. The molecule has 2 rings (SSSR count). The number of hydrogen-bond acceptors (Lipinski definition) is 3. The summed E-state index contributed by atoms with van der Waals surface area (Å²) in [5, 5.41) is 12.9. The lowest BCUT2D eigenvalue weighted by atomic mass is 10.1. The minimum Gasteiger partial charge on any atom is -0.506 e. The molecule has 80 valence electrons. The van der Waals surface area contributed by atoms with E-state index in [4.69, 9.17) is 0 Å². The normalized spacial score (nSPS) is 10.0. The first kappa shape index (κ1) is 10.2. The van der Waals surface area contributed by atoms with Gasteiger partial charge in [-0.2, -0.15) is 0 Å². The van der Waals surface area contributed by atoms with Gasteiger partial charge in [-0.05, 0) is 6.07 Å². The number of pyridine rings is 1. The molecule has 0 aliphatic heterocycles. The number of carbonyl (C=O) groups is 1. The van der Waals surface area contributed by atoms with Gasteiger partial charge < -0.3 is 10.4 Å². The van der Waals surface area contributed by atoms with Gasteiger partial charge in [-0.25, -0.2) is 0 Å². The van der Waals surface area contributed by atoms with Crippen molar-refractivity contribution in [3.63, 3.8) is 0 Å². The summed E-state index contributed by atoms with van der Waals surface area (Å²) in [5.74, 6) is -0.00181. The van der Waals surface area contributed by atoms with Crippen molar-refractivity contribution in [2.24, 2.45) is 0 Å². The van der Waals surface area contributed by atoms with Gasteiger partial charge in [-0.3, -0.25) is 9.78 Å². The second-order valence-corrected chi connectivity index (χ2v) is 3.28. The summed E-state index contributed by atoms with van der Waals surface area (Å²) in [4.78, 5) is 14.4. The molecule has 4 nitrogen and oxygen atoms in total. The van der Waals surface area contributed by atoms with Crippen molar-refractivity contribution in [2.45, 2.75) is 0 Å². The molecular weight excluding hydrogens is 204 g/mol. The third-order valence-electron chi connectivity index (χ3n) is 2.29. The Morgan fingerprint density at radius 2 is 2.19 bits per heavy atom. The molecule has 1 heterocycles. The van der Waals surface area contributed by atoms with Crippen LogP contribution in [0, 0.1) is 0 Å². The highest BCUT2D eigenvalue weighted by Gasteiger charge is 2.10. The molecule has 2 N–H and O–H groups in total. The van der Waals surface area contributed by atoms with Gasteiger partial charge >= 0.3 is 0 Å². The minimum atomic E-state index is -0.00181. The molecule has 0 atom stereocenters. The SMILES string of the molecule is C=C(NC=O)c1c(O)cnc2ccccc12. The molecule has 16 heavy (non-hydrogen) atoms. The Balaban J connectivity index is 2.70. The van der Waals surface area contributed by atoms with E-state index in [2.05, 4.69) is 16.9 Å². The predicted molar refractivity (Wildman–Crippen MR) is 61.6 cm³/mol. The van der Waals surface area contributed by atoms with Crippen LogP contribution in [-0.2, 0) is 4.79 Å². The Labute approximate surface area is 92.2 Å². The fourth-order valence-corrected chi connectivity index (χ4v) is 1.59. The Morgan fingerprint density at radius 1 is 1.44 bits per heavy atom. The van der Waals surface area contributed by atoms with Crippen LogP contribution >= 0.6 is 0 Å². The Hall–Kier alpha value is -2.36. The predicted octanol–water partition coefficient (Wildman–Crippen LogP) is 1.66. The van der Waals surface area contributed by atoms with Gasteiger partial charge in [0.2, 0.25) is 6.41 Å². The van der Waals surface area contributed by atoms with Crippen LogP contribution in [0.4, 0.5) is 0 Å². The first-order valence-electron chi connectivity index (χ1n) is 4.70. The van der Waals surface area contributed by atoms with E-state index in [1.165, 1.54) is 6.20 Å². The van der Waals surface area contributed by atoms with Crippen LogP contribution in [0.15, 0.2) is 37.0 Å². The number of nitrogens with zero attached hydrogens (tertiary/aromatic N) is 1. The van der Waals surface area contributed by atoms with E-state index in [0.717, 1.165) is 10.9 Å². The van der Waals surface area contributed by atoms with Crippen LogP contribution < -0.4 is 5.32 Å². The third-order valence-corrected chi connectivity index (χ3v) is 2.29. The molecule has 0 fully saturated rings. The van der Waals surface area contributed by atoms with Gasteiger partial charge in [0.15, 0.2) is 0 Å². The fourth-order valence-electron chi connectivity index (χ4n) is 1.59. The van der Waals surface area contributed by atoms with Gasteiger partial charge in [0, 0.05) is 11.1 Å². The highest BCUT2D eigenvalue weighted by atomic mass is 16.3. The zero-order valence-corrected chi connectivity index (χ0v) is 8.47. The topological polar surface area (TPSA) is 62.2 Å². The number of hydrogen-bond donors (Lipinski definition) is 2.